The molecule has 0 atom stereocenters. The number of aliphatic carboxylic acids is 1. The van der Waals surface area contributed by atoms with Gasteiger partial charge >= 0.3 is 5.97 Å². The Kier molecular flexibility index (Phi) is 6.65. The number of hydrogen-bond acceptors (Lipinski definition) is 3. The Hall–Kier alpha value is -3.15. The van der Waals surface area contributed by atoms with E-state index in [1.165, 1.54) is 0 Å². The molecule has 0 heterocycles. The highest BCUT2D eigenvalue weighted by atomic mass is 16.4. The molecule has 0 spiro atoms. The molecule has 1 saturated carbocycles. The lowest BCUT2D eigenvalue weighted by molar-refractivity contribution is -0.143. The largest absolute Gasteiger partial charge is 0.481 e. The summed E-state index contributed by atoms with van der Waals surface area (Å²) in [4.78, 5) is 37.6. The lowest BCUT2D eigenvalue weighted by Crippen LogP contribution is -2.29. The number of hydrogen-bond donors (Lipinski definition) is 2. The highest BCUT2D eigenvalue weighted by Gasteiger charge is 2.29. The molecule has 0 unspecified atom stereocenters. The zero-order chi connectivity index (χ0) is 20.8. The van der Waals surface area contributed by atoms with Crippen molar-refractivity contribution in [3.63, 3.8) is 0 Å². The zero-order valence-electron chi connectivity index (χ0n) is 16.5. The second kappa shape index (κ2) is 9.37. The second-order valence-corrected chi connectivity index (χ2v) is 7.54. The summed E-state index contributed by atoms with van der Waals surface area (Å²) in [5.74, 6) is -1.33. The number of carboxylic acids is 1. The molecule has 0 aromatic heterocycles. The van der Waals surface area contributed by atoms with Crippen molar-refractivity contribution < 1.29 is 19.5 Å². The van der Waals surface area contributed by atoms with E-state index < -0.39 is 5.97 Å². The van der Waals surface area contributed by atoms with Gasteiger partial charge < -0.3 is 15.3 Å². The number of rotatable bonds is 6. The fourth-order valence-electron chi connectivity index (χ4n) is 3.64. The Morgan fingerprint density at radius 2 is 1.52 bits per heavy atom. The minimum Gasteiger partial charge on any atom is -0.481 e. The third-order valence-electron chi connectivity index (χ3n) is 5.54. The molecular weight excluding hydrogens is 368 g/mol. The van der Waals surface area contributed by atoms with Crippen molar-refractivity contribution >= 4 is 29.2 Å². The molecular formula is C23H26N2O4. The number of carbonyl (C=O) groups is 3. The van der Waals surface area contributed by atoms with Crippen LogP contribution in [0.25, 0.3) is 0 Å². The molecule has 29 heavy (non-hydrogen) atoms. The van der Waals surface area contributed by atoms with Gasteiger partial charge in [-0.2, -0.15) is 0 Å². The van der Waals surface area contributed by atoms with Crippen molar-refractivity contribution in [2.24, 2.45) is 11.8 Å². The summed E-state index contributed by atoms with van der Waals surface area (Å²) in [6.07, 6.45) is 2.56. The van der Waals surface area contributed by atoms with Gasteiger partial charge in [0.1, 0.15) is 0 Å². The number of amides is 2. The summed E-state index contributed by atoms with van der Waals surface area (Å²) < 4.78 is 0. The molecule has 6 heteroatoms. The molecule has 0 bridgehead atoms. The van der Waals surface area contributed by atoms with Gasteiger partial charge in [0, 0.05) is 24.3 Å². The lowest BCUT2D eigenvalue weighted by Gasteiger charge is -2.25. The summed E-state index contributed by atoms with van der Waals surface area (Å²) in [7, 11) is 1.76. The molecule has 2 aromatic rings. The van der Waals surface area contributed by atoms with Gasteiger partial charge in [-0.05, 0) is 55.5 Å². The van der Waals surface area contributed by atoms with E-state index >= 15 is 0 Å². The van der Waals surface area contributed by atoms with Crippen LogP contribution in [0.15, 0.2) is 54.6 Å². The molecule has 0 aliphatic heterocycles. The smallest absolute Gasteiger partial charge is 0.306 e. The number of likely N-dealkylation sites (N-methyl/N-ethyl adjacent to an activating group) is 1. The fraction of sp³-hybridized carbons (Fsp3) is 0.348. The fourth-order valence-corrected chi connectivity index (χ4v) is 3.64. The van der Waals surface area contributed by atoms with E-state index in [0.717, 1.165) is 11.3 Å². The first-order chi connectivity index (χ1) is 13.9. The predicted octanol–water partition coefficient (Wildman–Crippen LogP) is 3.72. The first-order valence-corrected chi connectivity index (χ1v) is 9.88. The Labute approximate surface area is 170 Å². The number of carboxylic acid groups (broad SMARTS) is 1. The average Bonchev–Trinajstić information content (AvgIpc) is 2.75. The Balaban J connectivity index is 1.52. The average molecular weight is 394 g/mol. The maximum absolute atomic E-state index is 12.5. The predicted molar refractivity (Wildman–Crippen MR) is 112 cm³/mol. The standard InChI is InChI=1S/C23H26N2O4/c1-25(20-5-3-2-4-6-20)21(26)15-16-7-13-19(14-8-16)24-22(27)17-9-11-18(12-10-17)23(28)29/h2-8,13-14,17-18H,9-12,15H2,1H3,(H,24,27)(H,28,29). The highest BCUT2D eigenvalue weighted by Crippen LogP contribution is 2.29. The van der Waals surface area contributed by atoms with Crippen LogP contribution in [0, 0.1) is 11.8 Å². The van der Waals surface area contributed by atoms with Gasteiger partial charge in [-0.15, -0.1) is 0 Å². The van der Waals surface area contributed by atoms with Gasteiger partial charge in [0.05, 0.1) is 12.3 Å². The summed E-state index contributed by atoms with van der Waals surface area (Å²) in [5.41, 5.74) is 2.40. The Morgan fingerprint density at radius 3 is 2.10 bits per heavy atom. The Bertz CT molecular complexity index is 856. The molecule has 1 fully saturated rings. The molecule has 1 aliphatic carbocycles. The number of carbonyl (C=O) groups excluding carboxylic acids is 2. The van der Waals surface area contributed by atoms with Crippen molar-refractivity contribution in [2.75, 3.05) is 17.3 Å². The van der Waals surface area contributed by atoms with E-state index in [4.69, 9.17) is 5.11 Å². The van der Waals surface area contributed by atoms with Crippen molar-refractivity contribution in [1.29, 1.82) is 0 Å². The molecule has 1 aliphatic rings. The first-order valence-electron chi connectivity index (χ1n) is 9.88. The van der Waals surface area contributed by atoms with Crippen molar-refractivity contribution in [1.82, 2.24) is 0 Å². The summed E-state index contributed by atoms with van der Waals surface area (Å²) in [6, 6.07) is 16.8. The van der Waals surface area contributed by atoms with Gasteiger partial charge in [0.15, 0.2) is 0 Å². The molecule has 3 rings (SSSR count). The van der Waals surface area contributed by atoms with Gasteiger partial charge in [-0.25, -0.2) is 0 Å². The molecule has 2 aromatic carbocycles. The van der Waals surface area contributed by atoms with Crippen LogP contribution in [-0.2, 0) is 20.8 Å². The van der Waals surface area contributed by atoms with Crippen molar-refractivity contribution in [2.45, 2.75) is 32.1 Å². The highest BCUT2D eigenvalue weighted by molar-refractivity contribution is 5.95. The third kappa shape index (κ3) is 5.44. The van der Waals surface area contributed by atoms with Crippen LogP contribution in [0.3, 0.4) is 0 Å². The van der Waals surface area contributed by atoms with E-state index in [0.29, 0.717) is 31.4 Å². The van der Waals surface area contributed by atoms with Crippen LogP contribution in [0.4, 0.5) is 11.4 Å². The lowest BCUT2D eigenvalue weighted by atomic mass is 9.81. The molecule has 2 N–H and O–H groups in total. The van der Waals surface area contributed by atoms with Gasteiger partial charge in [-0.3, -0.25) is 14.4 Å². The second-order valence-electron chi connectivity index (χ2n) is 7.54. The normalized spacial score (nSPS) is 18.7. The first kappa shape index (κ1) is 20.6. The molecule has 6 nitrogen and oxygen atoms in total. The molecule has 0 saturated heterocycles. The molecule has 152 valence electrons. The van der Waals surface area contributed by atoms with Crippen LogP contribution in [-0.4, -0.2) is 29.9 Å². The monoisotopic (exact) mass is 394 g/mol. The topological polar surface area (TPSA) is 86.7 Å². The van der Waals surface area contributed by atoms with Crippen LogP contribution in [0.1, 0.15) is 31.2 Å². The van der Waals surface area contributed by atoms with Crippen LogP contribution in [0.5, 0.6) is 0 Å². The number of nitrogens with one attached hydrogen (secondary N) is 1. The van der Waals surface area contributed by atoms with Crippen LogP contribution < -0.4 is 10.2 Å². The molecule has 0 radical (unpaired) electrons. The van der Waals surface area contributed by atoms with Crippen molar-refractivity contribution in [3.05, 3.63) is 60.2 Å². The SMILES string of the molecule is CN(C(=O)Cc1ccc(NC(=O)C2CCC(C(=O)O)CC2)cc1)c1ccccc1. The number of benzene rings is 2. The maximum atomic E-state index is 12.5. The van der Waals surface area contributed by atoms with Gasteiger partial charge in [0.2, 0.25) is 11.8 Å². The van der Waals surface area contributed by atoms with E-state index in [2.05, 4.69) is 5.32 Å². The quantitative estimate of drug-likeness (QED) is 0.782. The Morgan fingerprint density at radius 1 is 0.931 bits per heavy atom. The number of para-hydroxylation sites is 1. The summed E-state index contributed by atoms with van der Waals surface area (Å²) in [6.45, 7) is 0. The van der Waals surface area contributed by atoms with E-state index in [1.54, 1.807) is 24.1 Å². The number of anilines is 2. The minimum absolute atomic E-state index is 0.0109. The minimum atomic E-state index is -0.771. The maximum Gasteiger partial charge on any atom is 0.306 e. The third-order valence-corrected chi connectivity index (χ3v) is 5.54. The van der Waals surface area contributed by atoms with E-state index in [1.807, 2.05) is 42.5 Å². The van der Waals surface area contributed by atoms with Gasteiger partial charge in [-0.1, -0.05) is 30.3 Å². The number of nitrogens with zero attached hydrogens (tertiary/aromatic N) is 1. The summed E-state index contributed by atoms with van der Waals surface area (Å²) >= 11 is 0. The van der Waals surface area contributed by atoms with Crippen LogP contribution >= 0.6 is 0 Å². The molecule has 2 amide bonds. The van der Waals surface area contributed by atoms with E-state index in [-0.39, 0.29) is 30.1 Å². The van der Waals surface area contributed by atoms with E-state index in [9.17, 15) is 14.4 Å². The van der Waals surface area contributed by atoms with Crippen molar-refractivity contribution in [3.8, 4) is 0 Å². The van der Waals surface area contributed by atoms with Crippen LogP contribution in [0.2, 0.25) is 0 Å². The zero-order valence-corrected chi connectivity index (χ0v) is 16.5. The summed E-state index contributed by atoms with van der Waals surface area (Å²) in [5, 5.41) is 12.0. The van der Waals surface area contributed by atoms with Gasteiger partial charge in [0.25, 0.3) is 0 Å².